The van der Waals surface area contributed by atoms with Crippen molar-refractivity contribution in [2.24, 2.45) is 0 Å². The van der Waals surface area contributed by atoms with Crippen LogP contribution >= 0.6 is 22.9 Å². The van der Waals surface area contributed by atoms with Crippen molar-refractivity contribution in [2.75, 3.05) is 5.88 Å². The van der Waals surface area contributed by atoms with Crippen LogP contribution in [0.1, 0.15) is 20.8 Å². The van der Waals surface area contributed by atoms with E-state index in [0.29, 0.717) is 5.88 Å². The van der Waals surface area contributed by atoms with Crippen molar-refractivity contribution < 1.29 is 4.79 Å². The van der Waals surface area contributed by atoms with E-state index in [1.807, 2.05) is 48.7 Å². The number of thiophene rings is 1. The molecule has 0 bridgehead atoms. The standard InChI is InChI=1S/C15H16ClNOS/c1-11-7-8-19-14(11)15(18)17-13(10-16)9-12-5-3-2-4-6-12/h2-8,13H,9-10H2,1H3,(H,17,18). The number of carbonyl (C=O) groups excluding carboxylic acids is 1. The fourth-order valence-electron chi connectivity index (χ4n) is 1.90. The van der Waals surface area contributed by atoms with E-state index in [1.54, 1.807) is 0 Å². The van der Waals surface area contributed by atoms with Crippen molar-refractivity contribution in [3.8, 4) is 0 Å². The molecule has 0 aliphatic carbocycles. The number of aryl methyl sites for hydroxylation is 1. The first-order chi connectivity index (χ1) is 9.20. The minimum absolute atomic E-state index is 0.0333. The SMILES string of the molecule is Cc1ccsc1C(=O)NC(CCl)Cc1ccccc1. The average Bonchev–Trinajstić information content (AvgIpc) is 2.85. The summed E-state index contributed by atoms with van der Waals surface area (Å²) in [4.78, 5) is 12.9. The van der Waals surface area contributed by atoms with Crippen molar-refractivity contribution in [3.05, 3.63) is 57.8 Å². The predicted octanol–water partition coefficient (Wildman–Crippen LogP) is 3.64. The molecule has 4 heteroatoms. The minimum atomic E-state index is -0.0435. The molecule has 2 rings (SSSR count). The Morgan fingerprint density at radius 2 is 2.05 bits per heavy atom. The lowest BCUT2D eigenvalue weighted by atomic mass is 10.1. The Hall–Kier alpha value is -1.32. The van der Waals surface area contributed by atoms with Gasteiger partial charge in [0.2, 0.25) is 0 Å². The van der Waals surface area contributed by atoms with Crippen LogP contribution in [0, 0.1) is 6.92 Å². The summed E-state index contributed by atoms with van der Waals surface area (Å²) in [5, 5.41) is 4.93. The van der Waals surface area contributed by atoms with Crippen LogP contribution in [0.4, 0.5) is 0 Å². The van der Waals surface area contributed by atoms with Crippen LogP contribution < -0.4 is 5.32 Å². The van der Waals surface area contributed by atoms with Gasteiger partial charge in [0.1, 0.15) is 0 Å². The van der Waals surface area contributed by atoms with Gasteiger partial charge in [0, 0.05) is 11.9 Å². The predicted molar refractivity (Wildman–Crippen MR) is 81.2 cm³/mol. The van der Waals surface area contributed by atoms with E-state index in [1.165, 1.54) is 16.9 Å². The summed E-state index contributed by atoms with van der Waals surface area (Å²) in [5.74, 6) is 0.375. The van der Waals surface area contributed by atoms with E-state index < -0.39 is 0 Å². The largest absolute Gasteiger partial charge is 0.347 e. The molecule has 0 saturated carbocycles. The number of rotatable bonds is 5. The summed E-state index contributed by atoms with van der Waals surface area (Å²) < 4.78 is 0. The van der Waals surface area contributed by atoms with Crippen LogP contribution in [0.2, 0.25) is 0 Å². The summed E-state index contributed by atoms with van der Waals surface area (Å²) in [6.07, 6.45) is 0.750. The van der Waals surface area contributed by atoms with Gasteiger partial charge < -0.3 is 5.32 Å². The van der Waals surface area contributed by atoms with E-state index in [9.17, 15) is 4.79 Å². The maximum absolute atomic E-state index is 12.1. The van der Waals surface area contributed by atoms with E-state index in [2.05, 4.69) is 5.32 Å². The van der Waals surface area contributed by atoms with Crippen molar-refractivity contribution in [3.63, 3.8) is 0 Å². The van der Waals surface area contributed by atoms with Gasteiger partial charge in [0.15, 0.2) is 0 Å². The quantitative estimate of drug-likeness (QED) is 0.838. The van der Waals surface area contributed by atoms with Gasteiger partial charge in [-0.3, -0.25) is 4.79 Å². The molecule has 0 spiro atoms. The van der Waals surface area contributed by atoms with Crippen LogP contribution in [-0.2, 0) is 6.42 Å². The second-order valence-corrected chi connectivity index (χ2v) is 5.67. The first-order valence-corrected chi connectivity index (χ1v) is 7.57. The lowest BCUT2D eigenvalue weighted by Crippen LogP contribution is -2.37. The minimum Gasteiger partial charge on any atom is -0.347 e. The summed E-state index contributed by atoms with van der Waals surface area (Å²) >= 11 is 7.41. The molecular weight excluding hydrogens is 278 g/mol. The topological polar surface area (TPSA) is 29.1 Å². The Balaban J connectivity index is 2.00. The van der Waals surface area contributed by atoms with Crippen molar-refractivity contribution in [1.82, 2.24) is 5.32 Å². The number of benzene rings is 1. The van der Waals surface area contributed by atoms with Gasteiger partial charge >= 0.3 is 0 Å². The Labute approximate surface area is 122 Å². The molecule has 0 aliphatic rings. The highest BCUT2D eigenvalue weighted by molar-refractivity contribution is 7.12. The molecule has 1 aromatic carbocycles. The fourth-order valence-corrected chi connectivity index (χ4v) is 2.91. The molecule has 0 saturated heterocycles. The van der Waals surface area contributed by atoms with Gasteiger partial charge in [-0.05, 0) is 35.9 Å². The van der Waals surface area contributed by atoms with Crippen molar-refractivity contribution >= 4 is 28.8 Å². The summed E-state index contributed by atoms with van der Waals surface area (Å²) in [7, 11) is 0. The smallest absolute Gasteiger partial charge is 0.261 e. The maximum atomic E-state index is 12.1. The van der Waals surface area contributed by atoms with Crippen LogP contribution in [-0.4, -0.2) is 17.8 Å². The zero-order valence-electron chi connectivity index (χ0n) is 10.7. The fraction of sp³-hybridized carbons (Fsp3) is 0.267. The van der Waals surface area contributed by atoms with Crippen LogP contribution in [0.25, 0.3) is 0 Å². The second kappa shape index (κ2) is 6.73. The maximum Gasteiger partial charge on any atom is 0.261 e. The van der Waals surface area contributed by atoms with E-state index >= 15 is 0 Å². The lowest BCUT2D eigenvalue weighted by Gasteiger charge is -2.16. The highest BCUT2D eigenvalue weighted by Crippen LogP contribution is 2.16. The molecule has 1 heterocycles. The molecule has 1 amide bonds. The first-order valence-electron chi connectivity index (χ1n) is 6.15. The van der Waals surface area contributed by atoms with Gasteiger partial charge in [-0.2, -0.15) is 0 Å². The van der Waals surface area contributed by atoms with Crippen molar-refractivity contribution in [2.45, 2.75) is 19.4 Å². The van der Waals surface area contributed by atoms with Gasteiger partial charge in [0.25, 0.3) is 5.91 Å². The highest BCUT2D eigenvalue weighted by atomic mass is 35.5. The highest BCUT2D eigenvalue weighted by Gasteiger charge is 2.15. The number of hydrogen-bond acceptors (Lipinski definition) is 2. The van der Waals surface area contributed by atoms with Crippen LogP contribution in [0.15, 0.2) is 41.8 Å². The number of amides is 1. The van der Waals surface area contributed by atoms with E-state index in [0.717, 1.165) is 16.9 Å². The molecule has 100 valence electrons. The Kier molecular flexibility index (Phi) is 5.00. The van der Waals surface area contributed by atoms with Crippen molar-refractivity contribution in [1.29, 1.82) is 0 Å². The van der Waals surface area contributed by atoms with Gasteiger partial charge in [-0.1, -0.05) is 30.3 Å². The molecule has 19 heavy (non-hydrogen) atoms. The van der Waals surface area contributed by atoms with Gasteiger partial charge in [-0.15, -0.1) is 22.9 Å². The third-order valence-electron chi connectivity index (χ3n) is 2.91. The molecular formula is C15H16ClNOS. The summed E-state index contributed by atoms with van der Waals surface area (Å²) in [6.45, 7) is 1.94. The zero-order chi connectivity index (χ0) is 13.7. The molecule has 1 unspecified atom stereocenters. The first kappa shape index (κ1) is 14.1. The molecule has 0 aliphatic heterocycles. The van der Waals surface area contributed by atoms with E-state index in [-0.39, 0.29) is 11.9 Å². The molecule has 0 radical (unpaired) electrons. The number of alkyl halides is 1. The third-order valence-corrected chi connectivity index (χ3v) is 4.30. The van der Waals surface area contributed by atoms with Gasteiger partial charge in [0.05, 0.1) is 4.88 Å². The Bertz CT molecular complexity index is 538. The third kappa shape index (κ3) is 3.82. The zero-order valence-corrected chi connectivity index (χ0v) is 12.3. The number of carbonyl (C=O) groups is 1. The Morgan fingerprint density at radius 3 is 2.63 bits per heavy atom. The van der Waals surface area contributed by atoms with E-state index in [4.69, 9.17) is 11.6 Å². The average molecular weight is 294 g/mol. The number of hydrogen-bond donors (Lipinski definition) is 1. The molecule has 2 aromatic rings. The summed E-state index contributed by atoms with van der Waals surface area (Å²) in [5.41, 5.74) is 2.19. The molecule has 0 fully saturated rings. The van der Waals surface area contributed by atoms with Crippen LogP contribution in [0.3, 0.4) is 0 Å². The molecule has 2 nitrogen and oxygen atoms in total. The number of halogens is 1. The van der Waals surface area contributed by atoms with Gasteiger partial charge in [-0.25, -0.2) is 0 Å². The molecule has 1 atom stereocenters. The number of nitrogens with one attached hydrogen (secondary N) is 1. The Morgan fingerprint density at radius 1 is 1.32 bits per heavy atom. The molecule has 1 N–H and O–H groups in total. The second-order valence-electron chi connectivity index (χ2n) is 4.45. The normalized spacial score (nSPS) is 12.1. The summed E-state index contributed by atoms with van der Waals surface area (Å²) in [6, 6.07) is 12.0. The lowest BCUT2D eigenvalue weighted by molar-refractivity contribution is 0.0944. The monoisotopic (exact) mass is 293 g/mol. The molecule has 1 aromatic heterocycles. The van der Waals surface area contributed by atoms with Crippen LogP contribution in [0.5, 0.6) is 0 Å².